The number of imidazole rings is 2. The monoisotopic (exact) mass is 687 g/mol. The Morgan fingerprint density at radius 3 is 2.61 bits per heavy atom. The lowest BCUT2D eigenvalue weighted by molar-refractivity contribution is -0.135. The van der Waals surface area contributed by atoms with Gasteiger partial charge in [-0.1, -0.05) is 30.3 Å². The summed E-state index contributed by atoms with van der Waals surface area (Å²) in [5.41, 5.74) is 5.67. The van der Waals surface area contributed by atoms with Crippen molar-refractivity contribution in [2.24, 2.45) is 0 Å². The number of imide groups is 1. The highest BCUT2D eigenvalue weighted by Crippen LogP contribution is 2.37. The van der Waals surface area contributed by atoms with Gasteiger partial charge in [0.05, 0.1) is 40.3 Å². The summed E-state index contributed by atoms with van der Waals surface area (Å²) in [6.07, 6.45) is 6.43. The molecule has 13 heteroatoms. The molecule has 8 rings (SSSR count). The zero-order valence-electron chi connectivity index (χ0n) is 28.0. The summed E-state index contributed by atoms with van der Waals surface area (Å²) in [5, 5.41) is 9.14. The van der Waals surface area contributed by atoms with Crippen LogP contribution < -0.4 is 26.5 Å². The third-order valence-corrected chi connectivity index (χ3v) is 9.83. The molecule has 0 radical (unpaired) electrons. The van der Waals surface area contributed by atoms with E-state index in [4.69, 9.17) is 4.98 Å². The molecule has 3 N–H and O–H groups in total. The molecule has 0 bridgehead atoms. The van der Waals surface area contributed by atoms with E-state index < -0.39 is 11.9 Å². The predicted octanol–water partition coefficient (Wildman–Crippen LogP) is 4.67. The molecule has 6 aromatic rings. The van der Waals surface area contributed by atoms with Crippen molar-refractivity contribution in [2.45, 2.75) is 44.3 Å². The number of anilines is 2. The molecule has 1 unspecified atom stereocenters. The second-order valence-corrected chi connectivity index (χ2v) is 13.0. The number of halogens is 1. The second kappa shape index (κ2) is 13.8. The number of hydrogen-bond acceptors (Lipinski definition) is 8. The summed E-state index contributed by atoms with van der Waals surface area (Å²) >= 11 is 0. The van der Waals surface area contributed by atoms with Crippen molar-refractivity contribution in [2.75, 3.05) is 36.4 Å². The summed E-state index contributed by atoms with van der Waals surface area (Å²) < 4.78 is 19.3. The van der Waals surface area contributed by atoms with Gasteiger partial charge in [-0.2, -0.15) is 0 Å². The summed E-state index contributed by atoms with van der Waals surface area (Å²) in [7, 11) is 0. The molecule has 2 atom stereocenters. The third-order valence-electron chi connectivity index (χ3n) is 9.83. The van der Waals surface area contributed by atoms with Crippen LogP contribution in [0, 0.1) is 5.82 Å². The Morgan fingerprint density at radius 1 is 0.882 bits per heavy atom. The zero-order valence-corrected chi connectivity index (χ0v) is 28.0. The van der Waals surface area contributed by atoms with E-state index >= 15 is 0 Å². The highest BCUT2D eigenvalue weighted by molar-refractivity contribution is 6.00. The van der Waals surface area contributed by atoms with Crippen LogP contribution in [0.2, 0.25) is 0 Å². The largest absolute Gasteiger partial charge is 0.369 e. The number of benzene rings is 2. The maximum atomic E-state index is 14.0. The first-order valence-corrected chi connectivity index (χ1v) is 17.4. The van der Waals surface area contributed by atoms with Gasteiger partial charge in [-0.05, 0) is 73.4 Å². The first-order chi connectivity index (χ1) is 24.9. The maximum Gasteiger partial charge on any atom is 0.329 e. The number of hydrogen-bond donors (Lipinski definition) is 3. The highest BCUT2D eigenvalue weighted by atomic mass is 19.1. The van der Waals surface area contributed by atoms with Gasteiger partial charge in [-0.15, -0.1) is 0 Å². The Balaban J connectivity index is 0.907. The minimum atomic E-state index is -0.714. The van der Waals surface area contributed by atoms with Crippen molar-refractivity contribution >= 4 is 40.0 Å². The molecule has 12 nitrogen and oxygen atoms in total. The van der Waals surface area contributed by atoms with Crippen LogP contribution in [0.25, 0.3) is 28.1 Å². The number of rotatable bonds is 11. The number of pyridine rings is 2. The van der Waals surface area contributed by atoms with Gasteiger partial charge in [0.1, 0.15) is 23.3 Å². The van der Waals surface area contributed by atoms with Crippen molar-refractivity contribution in [3.8, 4) is 11.4 Å². The van der Waals surface area contributed by atoms with E-state index in [0.29, 0.717) is 38.1 Å². The molecule has 2 aliphatic heterocycles. The Morgan fingerprint density at radius 2 is 1.75 bits per heavy atom. The number of carbonyl (C=O) groups excluding carboxylic acids is 2. The van der Waals surface area contributed by atoms with Crippen LogP contribution in [0.15, 0.2) is 96.1 Å². The number of fused-ring (bicyclic) bond motifs is 2. The first-order valence-electron chi connectivity index (χ1n) is 17.4. The number of carbonyl (C=O) groups is 2. The number of aromatic nitrogens is 5. The molecule has 2 amide bonds. The van der Waals surface area contributed by atoms with Gasteiger partial charge in [0.15, 0.2) is 0 Å². The molecular weight excluding hydrogens is 649 g/mol. The molecule has 260 valence electrons. The van der Waals surface area contributed by atoms with E-state index in [2.05, 4.69) is 42.5 Å². The molecule has 6 heterocycles. The van der Waals surface area contributed by atoms with Gasteiger partial charge in [0.2, 0.25) is 11.8 Å². The third kappa shape index (κ3) is 6.36. The molecule has 0 saturated carbocycles. The molecule has 51 heavy (non-hydrogen) atoms. The van der Waals surface area contributed by atoms with Gasteiger partial charge in [0, 0.05) is 45.3 Å². The van der Waals surface area contributed by atoms with Crippen molar-refractivity contribution in [3.05, 3.63) is 113 Å². The average molecular weight is 688 g/mol. The van der Waals surface area contributed by atoms with E-state index in [-0.39, 0.29) is 29.9 Å². The lowest BCUT2D eigenvalue weighted by Crippen LogP contribution is -2.44. The van der Waals surface area contributed by atoms with Crippen molar-refractivity contribution in [1.82, 2.24) is 34.1 Å². The maximum absolute atomic E-state index is 14.0. The predicted molar refractivity (Wildman–Crippen MR) is 193 cm³/mol. The van der Waals surface area contributed by atoms with Crippen LogP contribution in [0.3, 0.4) is 0 Å². The van der Waals surface area contributed by atoms with Gasteiger partial charge in [-0.25, -0.2) is 19.2 Å². The fraction of sp³-hybridized carbons (Fsp3) is 0.289. The normalized spacial score (nSPS) is 17.8. The Bertz CT molecular complexity index is 2310. The topological polar surface area (TPSA) is 131 Å². The van der Waals surface area contributed by atoms with E-state index in [1.807, 2.05) is 60.8 Å². The van der Waals surface area contributed by atoms with E-state index in [1.54, 1.807) is 16.7 Å². The molecule has 2 saturated heterocycles. The molecule has 4 aromatic heterocycles. The van der Waals surface area contributed by atoms with E-state index in [1.165, 1.54) is 10.6 Å². The summed E-state index contributed by atoms with van der Waals surface area (Å²) in [4.78, 5) is 49.6. The minimum Gasteiger partial charge on any atom is -0.369 e. The number of nitrogens with one attached hydrogen (secondary N) is 3. The number of amides is 2. The fourth-order valence-corrected chi connectivity index (χ4v) is 7.41. The van der Waals surface area contributed by atoms with Gasteiger partial charge < -0.3 is 15.5 Å². The number of para-hydroxylation sites is 2. The van der Waals surface area contributed by atoms with Gasteiger partial charge >= 0.3 is 5.69 Å². The van der Waals surface area contributed by atoms with Crippen molar-refractivity contribution < 1.29 is 14.0 Å². The Hall–Kier alpha value is -5.82. The van der Waals surface area contributed by atoms with Crippen LogP contribution in [-0.4, -0.2) is 61.5 Å². The van der Waals surface area contributed by atoms with Crippen LogP contribution in [0.4, 0.5) is 15.9 Å². The SMILES string of the molecule is O=C1CCC(n2c(=O)n(CCNCCNc3cccc(-c4cnc5ccc(N6CCC[C@@H]6c6cccc(F)c6)cn45)n3)c3ccccc32)C(=O)N1. The van der Waals surface area contributed by atoms with Crippen LogP contribution in [0.1, 0.15) is 43.3 Å². The smallest absolute Gasteiger partial charge is 0.329 e. The van der Waals surface area contributed by atoms with Crippen LogP contribution >= 0.6 is 0 Å². The van der Waals surface area contributed by atoms with E-state index in [9.17, 15) is 18.8 Å². The molecule has 2 aromatic carbocycles. The first kappa shape index (κ1) is 32.4. The van der Waals surface area contributed by atoms with Gasteiger partial charge in [-0.3, -0.25) is 28.4 Å². The fourth-order valence-electron chi connectivity index (χ4n) is 7.41. The average Bonchev–Trinajstić information content (AvgIpc) is 3.86. The highest BCUT2D eigenvalue weighted by Gasteiger charge is 2.31. The van der Waals surface area contributed by atoms with Crippen LogP contribution in [0.5, 0.6) is 0 Å². The molecular formula is C38H38FN9O3. The molecule has 2 fully saturated rings. The lowest BCUT2D eigenvalue weighted by atomic mass is 10.0. The Labute approximate surface area is 292 Å². The zero-order chi connectivity index (χ0) is 34.9. The molecule has 0 aliphatic carbocycles. The summed E-state index contributed by atoms with van der Waals surface area (Å²) in [6.45, 7) is 3.10. The standard InChI is InChI=1S/C38H38FN9O3/c39-26-7-3-6-25(22-26)29-11-5-20-45(29)27-13-15-35-42-23-33(47(35)24-27)28-8-4-12-34(43-28)41-18-17-40-19-21-46-30-9-1-2-10-31(30)48(38(46)51)32-14-16-36(49)44-37(32)50/h1-4,6-10,12-13,15,22-24,29,32,40H,5,11,14,16-21H2,(H,41,43)(H,44,49,50)/t29-,32?/m1/s1. The van der Waals surface area contributed by atoms with Crippen molar-refractivity contribution in [3.63, 3.8) is 0 Å². The number of nitrogens with zero attached hydrogens (tertiary/aromatic N) is 6. The Kier molecular flexibility index (Phi) is 8.78. The molecule has 0 spiro atoms. The van der Waals surface area contributed by atoms with Crippen LogP contribution in [-0.2, 0) is 16.1 Å². The lowest BCUT2D eigenvalue weighted by Gasteiger charge is -2.27. The second-order valence-electron chi connectivity index (χ2n) is 13.0. The quantitative estimate of drug-likeness (QED) is 0.132. The van der Waals surface area contributed by atoms with Gasteiger partial charge in [0.25, 0.3) is 0 Å². The van der Waals surface area contributed by atoms with Crippen molar-refractivity contribution in [1.29, 1.82) is 0 Å². The molecule has 2 aliphatic rings. The minimum absolute atomic E-state index is 0.114. The summed E-state index contributed by atoms with van der Waals surface area (Å²) in [5.74, 6) is -0.240. The number of piperidine rings is 1. The van der Waals surface area contributed by atoms with E-state index in [0.717, 1.165) is 59.0 Å². The summed E-state index contributed by atoms with van der Waals surface area (Å²) in [6, 6.07) is 23.7.